The fourth-order valence-electron chi connectivity index (χ4n) is 3.25. The molecule has 0 heterocycles. The predicted octanol–water partition coefficient (Wildman–Crippen LogP) is 2.58. The van der Waals surface area contributed by atoms with Crippen molar-refractivity contribution in [3.05, 3.63) is 0 Å². The maximum atomic E-state index is 12.5. The van der Waals surface area contributed by atoms with Gasteiger partial charge >= 0.3 is 0 Å². The standard InChI is InChI=1S/C13H25NOS/c1-10-5-4-6-11(9-10)16(15)13-8-3-2-7-12(13)14/h10-13H,2-9,14H2,1H3. The van der Waals surface area contributed by atoms with E-state index in [0.29, 0.717) is 10.5 Å². The molecule has 5 atom stereocenters. The van der Waals surface area contributed by atoms with Gasteiger partial charge in [-0.1, -0.05) is 32.6 Å². The van der Waals surface area contributed by atoms with Gasteiger partial charge in [-0.15, -0.1) is 0 Å². The predicted molar refractivity (Wildman–Crippen MR) is 69.8 cm³/mol. The van der Waals surface area contributed by atoms with E-state index in [9.17, 15) is 4.21 Å². The summed E-state index contributed by atoms with van der Waals surface area (Å²) in [6.45, 7) is 2.30. The van der Waals surface area contributed by atoms with Crippen molar-refractivity contribution in [3.8, 4) is 0 Å². The van der Waals surface area contributed by atoms with E-state index >= 15 is 0 Å². The lowest BCUT2D eigenvalue weighted by Crippen LogP contribution is -2.44. The first-order valence-corrected chi connectivity index (χ1v) is 8.11. The molecule has 0 aromatic heterocycles. The van der Waals surface area contributed by atoms with E-state index in [-0.39, 0.29) is 6.04 Å². The smallest absolute Gasteiger partial charge is 0.0501 e. The molecule has 2 fully saturated rings. The number of hydrogen-bond donors (Lipinski definition) is 1. The van der Waals surface area contributed by atoms with Crippen molar-refractivity contribution in [1.82, 2.24) is 0 Å². The normalized spacial score (nSPS) is 42.9. The molecule has 0 saturated heterocycles. The lowest BCUT2D eigenvalue weighted by molar-refractivity contribution is 0.382. The maximum absolute atomic E-state index is 12.5. The zero-order valence-electron chi connectivity index (χ0n) is 10.4. The van der Waals surface area contributed by atoms with Gasteiger partial charge in [-0.25, -0.2) is 0 Å². The molecular formula is C13H25NOS. The molecule has 2 N–H and O–H groups in total. The molecule has 2 aliphatic rings. The third kappa shape index (κ3) is 2.86. The van der Waals surface area contributed by atoms with Crippen molar-refractivity contribution in [1.29, 1.82) is 0 Å². The maximum Gasteiger partial charge on any atom is 0.0501 e. The summed E-state index contributed by atoms with van der Waals surface area (Å²) in [4.78, 5) is 0. The second-order valence-corrected chi connectivity index (χ2v) is 7.64. The zero-order valence-corrected chi connectivity index (χ0v) is 11.2. The Balaban J connectivity index is 1.94. The van der Waals surface area contributed by atoms with Crippen LogP contribution in [0.25, 0.3) is 0 Å². The molecule has 16 heavy (non-hydrogen) atoms. The molecule has 2 aliphatic carbocycles. The molecule has 3 heteroatoms. The van der Waals surface area contributed by atoms with Gasteiger partial charge in [0.15, 0.2) is 0 Å². The Labute approximate surface area is 102 Å². The summed E-state index contributed by atoms with van der Waals surface area (Å²) in [5.41, 5.74) is 6.13. The van der Waals surface area contributed by atoms with Crippen molar-refractivity contribution in [2.75, 3.05) is 0 Å². The second kappa shape index (κ2) is 5.63. The molecular weight excluding hydrogens is 218 g/mol. The molecule has 5 unspecified atom stereocenters. The molecule has 94 valence electrons. The third-order valence-electron chi connectivity index (χ3n) is 4.27. The average molecular weight is 243 g/mol. The van der Waals surface area contributed by atoms with E-state index in [1.807, 2.05) is 0 Å². The molecule has 0 radical (unpaired) electrons. The minimum absolute atomic E-state index is 0.201. The van der Waals surface area contributed by atoms with E-state index in [1.165, 1.54) is 32.1 Å². The van der Waals surface area contributed by atoms with E-state index in [0.717, 1.165) is 25.2 Å². The summed E-state index contributed by atoms with van der Waals surface area (Å²) in [5.74, 6) is 0.766. The highest BCUT2D eigenvalue weighted by Crippen LogP contribution is 2.31. The Hall–Kier alpha value is 0.110. The summed E-state index contributed by atoms with van der Waals surface area (Å²) in [6, 6.07) is 0.201. The van der Waals surface area contributed by atoms with Crippen LogP contribution in [0.5, 0.6) is 0 Å². The van der Waals surface area contributed by atoms with Crippen LogP contribution in [0, 0.1) is 5.92 Å². The average Bonchev–Trinajstić information content (AvgIpc) is 2.29. The Kier molecular flexibility index (Phi) is 4.42. The van der Waals surface area contributed by atoms with Crippen LogP contribution in [0.1, 0.15) is 58.3 Å². The van der Waals surface area contributed by atoms with Crippen molar-refractivity contribution in [2.45, 2.75) is 74.8 Å². The first-order valence-electron chi connectivity index (χ1n) is 6.83. The fourth-order valence-corrected chi connectivity index (χ4v) is 5.54. The van der Waals surface area contributed by atoms with Gasteiger partial charge in [0.25, 0.3) is 0 Å². The summed E-state index contributed by atoms with van der Waals surface area (Å²) in [7, 11) is -0.669. The topological polar surface area (TPSA) is 43.1 Å². The summed E-state index contributed by atoms with van der Waals surface area (Å²) < 4.78 is 12.5. The van der Waals surface area contributed by atoms with Crippen LogP contribution < -0.4 is 5.73 Å². The highest BCUT2D eigenvalue weighted by Gasteiger charge is 2.33. The van der Waals surface area contributed by atoms with Gasteiger partial charge in [-0.05, 0) is 31.6 Å². The van der Waals surface area contributed by atoms with E-state index in [4.69, 9.17) is 5.73 Å². The lowest BCUT2D eigenvalue weighted by atomic mass is 9.90. The van der Waals surface area contributed by atoms with Gasteiger partial charge in [0.05, 0.1) is 5.25 Å². The molecule has 0 aromatic carbocycles. The van der Waals surface area contributed by atoms with E-state index in [1.54, 1.807) is 0 Å². The largest absolute Gasteiger partial charge is 0.327 e. The van der Waals surface area contributed by atoms with Gasteiger partial charge in [-0.2, -0.15) is 0 Å². The highest BCUT2D eigenvalue weighted by atomic mass is 32.2. The van der Waals surface area contributed by atoms with Gasteiger partial charge in [0, 0.05) is 22.1 Å². The van der Waals surface area contributed by atoms with Gasteiger partial charge in [0.1, 0.15) is 0 Å². The summed E-state index contributed by atoms with van der Waals surface area (Å²) >= 11 is 0. The van der Waals surface area contributed by atoms with Crippen molar-refractivity contribution in [2.24, 2.45) is 11.7 Å². The van der Waals surface area contributed by atoms with Crippen LogP contribution in [0.3, 0.4) is 0 Å². The Morgan fingerprint density at radius 1 is 1.06 bits per heavy atom. The summed E-state index contributed by atoms with van der Waals surface area (Å²) in [5, 5.41) is 0.738. The molecule has 0 aromatic rings. The van der Waals surface area contributed by atoms with Crippen LogP contribution in [-0.4, -0.2) is 20.8 Å². The zero-order chi connectivity index (χ0) is 11.5. The summed E-state index contributed by atoms with van der Waals surface area (Å²) in [6.07, 6.45) is 9.56. The van der Waals surface area contributed by atoms with Crippen molar-refractivity contribution < 1.29 is 4.21 Å². The number of hydrogen-bond acceptors (Lipinski definition) is 2. The quantitative estimate of drug-likeness (QED) is 0.810. The number of nitrogens with two attached hydrogens (primary N) is 1. The monoisotopic (exact) mass is 243 g/mol. The van der Waals surface area contributed by atoms with Crippen LogP contribution in [-0.2, 0) is 10.8 Å². The van der Waals surface area contributed by atoms with E-state index < -0.39 is 10.8 Å². The van der Waals surface area contributed by atoms with Crippen LogP contribution >= 0.6 is 0 Å². The van der Waals surface area contributed by atoms with E-state index in [2.05, 4.69) is 6.92 Å². The second-order valence-electron chi connectivity index (χ2n) is 5.71. The third-order valence-corrected chi connectivity index (χ3v) is 6.54. The van der Waals surface area contributed by atoms with Gasteiger partial charge in [0.2, 0.25) is 0 Å². The van der Waals surface area contributed by atoms with Gasteiger partial charge < -0.3 is 5.73 Å². The van der Waals surface area contributed by atoms with Crippen molar-refractivity contribution in [3.63, 3.8) is 0 Å². The molecule has 0 bridgehead atoms. The Bertz CT molecular complexity index is 256. The SMILES string of the molecule is CC1CCCC(S(=O)C2CCCCC2N)C1. The highest BCUT2D eigenvalue weighted by molar-refractivity contribution is 7.86. The first-order chi connectivity index (χ1) is 7.68. The molecule has 0 aliphatic heterocycles. The minimum Gasteiger partial charge on any atom is -0.327 e. The van der Waals surface area contributed by atoms with Gasteiger partial charge in [-0.3, -0.25) is 4.21 Å². The molecule has 2 nitrogen and oxygen atoms in total. The first kappa shape index (κ1) is 12.6. The Morgan fingerprint density at radius 3 is 2.50 bits per heavy atom. The number of rotatable bonds is 2. The molecule has 0 spiro atoms. The fraction of sp³-hybridized carbons (Fsp3) is 1.00. The van der Waals surface area contributed by atoms with Crippen molar-refractivity contribution >= 4 is 10.8 Å². The van der Waals surface area contributed by atoms with Crippen LogP contribution in [0.15, 0.2) is 0 Å². The lowest BCUT2D eigenvalue weighted by Gasteiger charge is -2.34. The molecule has 2 rings (SSSR count). The van der Waals surface area contributed by atoms with Crippen LogP contribution in [0.4, 0.5) is 0 Å². The Morgan fingerprint density at radius 2 is 1.81 bits per heavy atom. The van der Waals surface area contributed by atoms with Crippen LogP contribution in [0.2, 0.25) is 0 Å². The molecule has 0 amide bonds. The minimum atomic E-state index is -0.669. The molecule has 2 saturated carbocycles.